The van der Waals surface area contributed by atoms with Crippen molar-refractivity contribution in [1.29, 1.82) is 0 Å². The van der Waals surface area contributed by atoms with Crippen LogP contribution < -0.4 is 5.73 Å². The maximum atomic E-state index is 12.3. The van der Waals surface area contributed by atoms with E-state index in [-0.39, 0.29) is 24.0 Å². The van der Waals surface area contributed by atoms with Crippen molar-refractivity contribution in [2.24, 2.45) is 11.1 Å². The third-order valence-corrected chi connectivity index (χ3v) is 4.02. The molecule has 0 aromatic heterocycles. The van der Waals surface area contributed by atoms with E-state index in [1.807, 2.05) is 18.9 Å². The van der Waals surface area contributed by atoms with Gasteiger partial charge in [-0.05, 0) is 39.0 Å². The zero-order valence-corrected chi connectivity index (χ0v) is 11.1. The highest BCUT2D eigenvalue weighted by molar-refractivity contribution is 5.83. The first-order chi connectivity index (χ1) is 8.02. The van der Waals surface area contributed by atoms with Crippen LogP contribution in [0.25, 0.3) is 0 Å². The molecule has 1 saturated carbocycles. The monoisotopic (exact) mass is 242 g/mol. The molecule has 2 atom stereocenters. The van der Waals surface area contributed by atoms with E-state index in [0.717, 1.165) is 45.1 Å². The lowest BCUT2D eigenvalue weighted by molar-refractivity contribution is -0.140. The molecule has 1 aliphatic carbocycles. The average molecular weight is 242 g/mol. The molecule has 0 aromatic rings. The summed E-state index contributed by atoms with van der Waals surface area (Å²) in [7, 11) is 1.86. The van der Waals surface area contributed by atoms with Crippen LogP contribution in [0.5, 0.6) is 0 Å². The Morgan fingerprint density at radius 2 is 2.18 bits per heavy atom. The van der Waals surface area contributed by atoms with Gasteiger partial charge in [0.25, 0.3) is 0 Å². The van der Waals surface area contributed by atoms with Gasteiger partial charge in [0.1, 0.15) is 0 Å². The fourth-order valence-corrected chi connectivity index (χ4v) is 2.63. The quantitative estimate of drug-likeness (QED) is 0.686. The highest BCUT2D eigenvalue weighted by atomic mass is 16.2. The summed E-state index contributed by atoms with van der Waals surface area (Å²) in [5, 5.41) is 8.69. The summed E-state index contributed by atoms with van der Waals surface area (Å²) < 4.78 is 0. The molecule has 1 rings (SSSR count). The molecule has 0 radical (unpaired) electrons. The largest absolute Gasteiger partial charge is 0.396 e. The summed E-state index contributed by atoms with van der Waals surface area (Å²) in [5.74, 6) is 0.187. The van der Waals surface area contributed by atoms with Crippen molar-refractivity contribution >= 4 is 5.91 Å². The van der Waals surface area contributed by atoms with Crippen LogP contribution in [0, 0.1) is 5.41 Å². The summed E-state index contributed by atoms with van der Waals surface area (Å²) in [5.41, 5.74) is 5.69. The number of hydrogen-bond acceptors (Lipinski definition) is 3. The minimum Gasteiger partial charge on any atom is -0.396 e. The fraction of sp³-hybridized carbons (Fsp3) is 0.923. The number of unbranched alkanes of at least 4 members (excludes halogenated alkanes) is 2. The fourth-order valence-electron chi connectivity index (χ4n) is 2.63. The summed E-state index contributed by atoms with van der Waals surface area (Å²) >= 11 is 0. The van der Waals surface area contributed by atoms with Crippen LogP contribution in [-0.2, 0) is 4.79 Å². The van der Waals surface area contributed by atoms with Crippen molar-refractivity contribution in [3.8, 4) is 0 Å². The number of rotatable bonds is 6. The van der Waals surface area contributed by atoms with Crippen LogP contribution in [-0.4, -0.2) is 42.2 Å². The number of nitrogens with two attached hydrogens (primary N) is 1. The molecule has 17 heavy (non-hydrogen) atoms. The number of hydrogen-bond donors (Lipinski definition) is 2. The van der Waals surface area contributed by atoms with E-state index >= 15 is 0 Å². The maximum absolute atomic E-state index is 12.3. The molecular weight excluding hydrogens is 216 g/mol. The van der Waals surface area contributed by atoms with Crippen LogP contribution in [0.1, 0.15) is 45.4 Å². The summed E-state index contributed by atoms with van der Waals surface area (Å²) in [6.45, 7) is 3.00. The Kier molecular flexibility index (Phi) is 5.40. The number of carbonyl (C=O) groups is 1. The molecule has 4 nitrogen and oxygen atoms in total. The standard InChI is InChI=1S/C13H26N2O2/c1-13(8-6-7-11(13)14)12(17)15(2)9-4-3-5-10-16/h11,16H,3-10,14H2,1-2H3. The molecule has 0 heterocycles. The van der Waals surface area contributed by atoms with E-state index in [0.29, 0.717) is 0 Å². The Hall–Kier alpha value is -0.610. The van der Waals surface area contributed by atoms with E-state index in [1.54, 1.807) is 0 Å². The Balaban J connectivity index is 2.40. The summed E-state index contributed by atoms with van der Waals surface area (Å²) in [6.07, 6.45) is 5.67. The van der Waals surface area contributed by atoms with Crippen LogP contribution in [0.4, 0.5) is 0 Å². The van der Waals surface area contributed by atoms with Gasteiger partial charge >= 0.3 is 0 Å². The number of aliphatic hydroxyl groups excluding tert-OH is 1. The molecule has 0 saturated heterocycles. The molecule has 0 spiro atoms. The van der Waals surface area contributed by atoms with Crippen molar-refractivity contribution in [3.05, 3.63) is 0 Å². The zero-order valence-electron chi connectivity index (χ0n) is 11.1. The smallest absolute Gasteiger partial charge is 0.229 e. The molecule has 100 valence electrons. The van der Waals surface area contributed by atoms with Crippen LogP contribution in [0.3, 0.4) is 0 Å². The average Bonchev–Trinajstić information content (AvgIpc) is 2.65. The predicted octanol–water partition coefficient (Wildman–Crippen LogP) is 1.12. The second-order valence-corrected chi connectivity index (χ2v) is 5.43. The first-order valence-electron chi connectivity index (χ1n) is 6.64. The molecule has 0 aromatic carbocycles. The van der Waals surface area contributed by atoms with Gasteiger partial charge in [0, 0.05) is 26.2 Å². The third-order valence-electron chi connectivity index (χ3n) is 4.02. The van der Waals surface area contributed by atoms with Gasteiger partial charge in [-0.1, -0.05) is 6.42 Å². The Morgan fingerprint density at radius 3 is 2.71 bits per heavy atom. The van der Waals surface area contributed by atoms with Gasteiger partial charge in [-0.3, -0.25) is 4.79 Å². The lowest BCUT2D eigenvalue weighted by Gasteiger charge is -2.32. The summed E-state index contributed by atoms with van der Waals surface area (Å²) in [4.78, 5) is 14.1. The first kappa shape index (κ1) is 14.5. The predicted molar refractivity (Wildman–Crippen MR) is 68.5 cm³/mol. The number of carbonyl (C=O) groups excluding carboxylic acids is 1. The molecule has 3 N–H and O–H groups in total. The van der Waals surface area contributed by atoms with E-state index in [9.17, 15) is 4.79 Å². The van der Waals surface area contributed by atoms with Gasteiger partial charge in [0.05, 0.1) is 5.41 Å². The topological polar surface area (TPSA) is 66.6 Å². The molecule has 4 heteroatoms. The molecule has 0 aliphatic heterocycles. The Bertz CT molecular complexity index is 258. The second kappa shape index (κ2) is 6.36. The van der Waals surface area contributed by atoms with Gasteiger partial charge in [0.2, 0.25) is 5.91 Å². The Morgan fingerprint density at radius 1 is 1.47 bits per heavy atom. The van der Waals surface area contributed by atoms with Crippen LogP contribution in [0.15, 0.2) is 0 Å². The SMILES string of the molecule is CN(CCCCCO)C(=O)C1(C)CCCC1N. The lowest BCUT2D eigenvalue weighted by atomic mass is 9.83. The lowest BCUT2D eigenvalue weighted by Crippen LogP contribution is -2.48. The van der Waals surface area contributed by atoms with Gasteiger partial charge in [-0.25, -0.2) is 0 Å². The zero-order chi connectivity index (χ0) is 12.9. The van der Waals surface area contributed by atoms with Crippen molar-refractivity contribution in [2.75, 3.05) is 20.2 Å². The van der Waals surface area contributed by atoms with Crippen molar-refractivity contribution < 1.29 is 9.90 Å². The van der Waals surface area contributed by atoms with Crippen molar-refractivity contribution in [2.45, 2.75) is 51.5 Å². The van der Waals surface area contributed by atoms with E-state index in [1.165, 1.54) is 0 Å². The van der Waals surface area contributed by atoms with Gasteiger partial charge in [0.15, 0.2) is 0 Å². The molecular formula is C13H26N2O2. The third kappa shape index (κ3) is 3.42. The van der Waals surface area contributed by atoms with Crippen LogP contribution >= 0.6 is 0 Å². The molecule has 1 fully saturated rings. The van der Waals surface area contributed by atoms with Gasteiger partial charge in [-0.2, -0.15) is 0 Å². The maximum Gasteiger partial charge on any atom is 0.229 e. The minimum absolute atomic E-state index is 0.00916. The number of nitrogens with zero attached hydrogens (tertiary/aromatic N) is 1. The van der Waals surface area contributed by atoms with Crippen molar-refractivity contribution in [1.82, 2.24) is 4.90 Å². The van der Waals surface area contributed by atoms with E-state index in [2.05, 4.69) is 0 Å². The number of aliphatic hydroxyl groups is 1. The molecule has 2 unspecified atom stereocenters. The van der Waals surface area contributed by atoms with Gasteiger partial charge < -0.3 is 15.7 Å². The van der Waals surface area contributed by atoms with E-state index in [4.69, 9.17) is 10.8 Å². The van der Waals surface area contributed by atoms with Gasteiger partial charge in [-0.15, -0.1) is 0 Å². The second-order valence-electron chi connectivity index (χ2n) is 5.43. The summed E-state index contributed by atoms with van der Waals surface area (Å²) in [6, 6.07) is 0.00916. The normalized spacial score (nSPS) is 28.4. The molecule has 0 bridgehead atoms. The molecule has 1 aliphatic rings. The van der Waals surface area contributed by atoms with Crippen LogP contribution in [0.2, 0.25) is 0 Å². The van der Waals surface area contributed by atoms with E-state index < -0.39 is 0 Å². The first-order valence-corrected chi connectivity index (χ1v) is 6.64. The highest BCUT2D eigenvalue weighted by Crippen LogP contribution is 2.38. The minimum atomic E-state index is -0.355. The molecule has 1 amide bonds. The number of amides is 1. The Labute approximate surface area is 104 Å². The van der Waals surface area contributed by atoms with Crippen molar-refractivity contribution in [3.63, 3.8) is 0 Å². The highest BCUT2D eigenvalue weighted by Gasteiger charge is 2.44.